The number of nitrogens with zero attached hydrogens (tertiary/aromatic N) is 5. The molecule has 30 heavy (non-hydrogen) atoms. The topological polar surface area (TPSA) is 94.2 Å². The third-order valence-corrected chi connectivity index (χ3v) is 7.01. The van der Waals surface area contributed by atoms with Crippen LogP contribution in [0.1, 0.15) is 57.3 Å². The highest BCUT2D eigenvalue weighted by atomic mass is 16.5. The fraction of sp³-hybridized carbons (Fsp3) is 0.682. The molecule has 2 saturated heterocycles. The van der Waals surface area contributed by atoms with Crippen molar-refractivity contribution < 1.29 is 14.1 Å². The molecule has 0 N–H and O–H groups in total. The summed E-state index contributed by atoms with van der Waals surface area (Å²) in [5.74, 6) is 2.22. The lowest BCUT2D eigenvalue weighted by Crippen LogP contribution is -2.51. The summed E-state index contributed by atoms with van der Waals surface area (Å²) in [6.07, 6.45) is 14.0. The zero-order chi connectivity index (χ0) is 20.4. The molecule has 160 valence electrons. The Hall–Kier alpha value is -2.35. The van der Waals surface area contributed by atoms with Gasteiger partial charge in [-0.15, -0.1) is 0 Å². The average Bonchev–Trinajstić information content (AvgIpc) is 3.47. The summed E-state index contributed by atoms with van der Waals surface area (Å²) in [5.41, 5.74) is 0.513. The first-order chi connectivity index (χ1) is 14.7. The second-order valence-electron chi connectivity index (χ2n) is 9.00. The molecule has 3 aliphatic rings. The van der Waals surface area contributed by atoms with Gasteiger partial charge in [-0.1, -0.05) is 18.0 Å². The van der Waals surface area contributed by atoms with E-state index >= 15 is 0 Å². The minimum absolute atomic E-state index is 0.108. The van der Waals surface area contributed by atoms with Crippen molar-refractivity contribution in [3.63, 3.8) is 0 Å². The molecule has 0 radical (unpaired) electrons. The summed E-state index contributed by atoms with van der Waals surface area (Å²) >= 11 is 0. The van der Waals surface area contributed by atoms with Crippen molar-refractivity contribution in [2.75, 3.05) is 19.7 Å². The summed E-state index contributed by atoms with van der Waals surface area (Å²) in [7, 11) is 0. The number of piperidine rings is 1. The minimum atomic E-state index is -0.108. The number of likely N-dealkylation sites (tertiary alicyclic amines) is 1. The van der Waals surface area contributed by atoms with Gasteiger partial charge in [0.05, 0.1) is 11.8 Å². The Balaban J connectivity index is 1.18. The van der Waals surface area contributed by atoms with Gasteiger partial charge in [-0.05, 0) is 44.4 Å². The normalized spacial score (nSPS) is 24.4. The first-order valence-electron chi connectivity index (χ1n) is 11.2. The van der Waals surface area contributed by atoms with Crippen LogP contribution in [-0.4, -0.2) is 56.2 Å². The predicted molar refractivity (Wildman–Crippen MR) is 108 cm³/mol. The molecule has 1 unspecified atom stereocenters. The van der Waals surface area contributed by atoms with Gasteiger partial charge in [0, 0.05) is 44.4 Å². The third-order valence-electron chi connectivity index (χ3n) is 7.01. The van der Waals surface area contributed by atoms with E-state index in [-0.39, 0.29) is 11.5 Å². The summed E-state index contributed by atoms with van der Waals surface area (Å²) in [6, 6.07) is 0. The van der Waals surface area contributed by atoms with Crippen molar-refractivity contribution in [3.05, 3.63) is 24.5 Å². The van der Waals surface area contributed by atoms with Crippen molar-refractivity contribution in [1.82, 2.24) is 25.0 Å². The molecule has 0 bridgehead atoms. The van der Waals surface area contributed by atoms with E-state index in [1.165, 1.54) is 12.8 Å². The minimum Gasteiger partial charge on any atom is -0.375 e. The smallest absolute Gasteiger partial charge is 0.227 e. The van der Waals surface area contributed by atoms with Crippen LogP contribution in [0.15, 0.2) is 23.1 Å². The van der Waals surface area contributed by atoms with Crippen molar-refractivity contribution in [3.8, 4) is 11.5 Å². The van der Waals surface area contributed by atoms with Crippen molar-refractivity contribution in [1.29, 1.82) is 0 Å². The Morgan fingerprint density at radius 1 is 1.17 bits per heavy atom. The molecule has 2 aromatic heterocycles. The van der Waals surface area contributed by atoms with E-state index in [1.54, 1.807) is 18.6 Å². The van der Waals surface area contributed by atoms with Crippen LogP contribution in [0.2, 0.25) is 0 Å². The Morgan fingerprint density at radius 3 is 2.77 bits per heavy atom. The highest BCUT2D eigenvalue weighted by molar-refractivity contribution is 5.79. The zero-order valence-corrected chi connectivity index (χ0v) is 17.3. The van der Waals surface area contributed by atoms with Crippen LogP contribution in [0.3, 0.4) is 0 Å². The van der Waals surface area contributed by atoms with E-state index in [9.17, 15) is 4.79 Å². The number of hydrogen-bond donors (Lipinski definition) is 0. The lowest BCUT2D eigenvalue weighted by Gasteiger charge is -2.46. The number of aromatic nitrogens is 4. The van der Waals surface area contributed by atoms with Crippen molar-refractivity contribution in [2.45, 2.75) is 63.4 Å². The van der Waals surface area contributed by atoms with Crippen LogP contribution in [0.4, 0.5) is 0 Å². The molecule has 1 atom stereocenters. The van der Waals surface area contributed by atoms with Gasteiger partial charge in [0.25, 0.3) is 0 Å². The molecule has 3 fully saturated rings. The lowest BCUT2D eigenvalue weighted by molar-refractivity contribution is -0.150. The van der Waals surface area contributed by atoms with Gasteiger partial charge in [0.1, 0.15) is 5.69 Å². The van der Waals surface area contributed by atoms with Crippen LogP contribution in [0, 0.1) is 11.8 Å². The first kappa shape index (κ1) is 19.6. The molecule has 8 nitrogen and oxygen atoms in total. The molecule has 2 aromatic rings. The van der Waals surface area contributed by atoms with E-state index in [0.717, 1.165) is 64.6 Å². The Kier molecular flexibility index (Phi) is 5.50. The van der Waals surface area contributed by atoms with E-state index < -0.39 is 0 Å². The van der Waals surface area contributed by atoms with Gasteiger partial charge < -0.3 is 14.2 Å². The molecule has 1 amide bonds. The summed E-state index contributed by atoms with van der Waals surface area (Å²) < 4.78 is 11.8. The van der Waals surface area contributed by atoms with Crippen LogP contribution in [0.5, 0.6) is 0 Å². The number of hydrogen-bond acceptors (Lipinski definition) is 7. The summed E-state index contributed by atoms with van der Waals surface area (Å²) in [6.45, 7) is 2.39. The molecule has 1 aliphatic carbocycles. The van der Waals surface area contributed by atoms with Crippen LogP contribution in [-0.2, 0) is 16.0 Å². The molecule has 1 saturated carbocycles. The largest absolute Gasteiger partial charge is 0.375 e. The third kappa shape index (κ3) is 4.10. The highest BCUT2D eigenvalue weighted by Gasteiger charge is 2.42. The van der Waals surface area contributed by atoms with Crippen LogP contribution >= 0.6 is 0 Å². The Bertz CT molecular complexity index is 857. The van der Waals surface area contributed by atoms with Gasteiger partial charge in [-0.25, -0.2) is 4.98 Å². The highest BCUT2D eigenvalue weighted by Crippen LogP contribution is 2.39. The van der Waals surface area contributed by atoms with E-state index in [4.69, 9.17) is 9.26 Å². The molecular weight excluding hydrogens is 382 g/mol. The van der Waals surface area contributed by atoms with Gasteiger partial charge >= 0.3 is 0 Å². The second-order valence-corrected chi connectivity index (χ2v) is 9.00. The number of amides is 1. The van der Waals surface area contributed by atoms with Gasteiger partial charge in [-0.3, -0.25) is 9.78 Å². The molecule has 5 rings (SSSR count). The van der Waals surface area contributed by atoms with Crippen LogP contribution in [0.25, 0.3) is 11.5 Å². The molecule has 0 aromatic carbocycles. The van der Waals surface area contributed by atoms with Gasteiger partial charge in [-0.2, -0.15) is 4.98 Å². The lowest BCUT2D eigenvalue weighted by atomic mass is 9.78. The Morgan fingerprint density at radius 2 is 2.00 bits per heavy atom. The molecule has 1 spiro atoms. The Labute approximate surface area is 176 Å². The van der Waals surface area contributed by atoms with Crippen LogP contribution < -0.4 is 0 Å². The average molecular weight is 412 g/mol. The maximum atomic E-state index is 12.7. The zero-order valence-electron chi connectivity index (χ0n) is 17.3. The number of ether oxygens (including phenoxy) is 1. The standard InChI is InChI=1S/C22H29N5O3/c28-21(17-3-1-2-4-17)27-10-6-22(7-11-27)14-16(5-12-29-22)13-19-25-20(26-30-19)18-15-23-8-9-24-18/h8-9,15-17H,1-7,10-14H2. The number of carbonyl (C=O) groups is 1. The maximum Gasteiger partial charge on any atom is 0.227 e. The van der Waals surface area contributed by atoms with E-state index in [0.29, 0.717) is 29.2 Å². The van der Waals surface area contributed by atoms with E-state index in [2.05, 4.69) is 25.0 Å². The quantitative estimate of drug-likeness (QED) is 0.763. The number of carbonyl (C=O) groups excluding carboxylic acids is 1. The molecule has 8 heteroatoms. The van der Waals surface area contributed by atoms with Gasteiger partial charge in [0.2, 0.25) is 17.6 Å². The van der Waals surface area contributed by atoms with Crippen molar-refractivity contribution >= 4 is 5.91 Å². The molecular formula is C22H29N5O3. The maximum absolute atomic E-state index is 12.7. The SMILES string of the molecule is O=C(C1CCCC1)N1CCC2(CC1)CC(Cc1nc(-c3cnccn3)no1)CCO2. The first-order valence-corrected chi connectivity index (χ1v) is 11.2. The van der Waals surface area contributed by atoms with Gasteiger partial charge in [0.15, 0.2) is 0 Å². The summed E-state index contributed by atoms with van der Waals surface area (Å²) in [5, 5.41) is 4.06. The second kappa shape index (κ2) is 8.41. The fourth-order valence-corrected chi connectivity index (χ4v) is 5.32. The number of rotatable bonds is 4. The van der Waals surface area contributed by atoms with E-state index in [1.807, 2.05) is 0 Å². The fourth-order valence-electron chi connectivity index (χ4n) is 5.32. The summed E-state index contributed by atoms with van der Waals surface area (Å²) in [4.78, 5) is 27.6. The monoisotopic (exact) mass is 411 g/mol. The predicted octanol–water partition coefficient (Wildman–Crippen LogP) is 3.05. The molecule has 2 aliphatic heterocycles. The molecule has 4 heterocycles. The van der Waals surface area contributed by atoms with Crippen molar-refractivity contribution in [2.24, 2.45) is 11.8 Å².